The van der Waals surface area contributed by atoms with Gasteiger partial charge in [-0.15, -0.1) is 0 Å². The van der Waals surface area contributed by atoms with Crippen molar-refractivity contribution in [2.24, 2.45) is 5.11 Å². The summed E-state index contributed by atoms with van der Waals surface area (Å²) >= 11 is 0. The molecule has 1 aliphatic rings. The Morgan fingerprint density at radius 1 is 1.39 bits per heavy atom. The van der Waals surface area contributed by atoms with E-state index >= 15 is 0 Å². The van der Waals surface area contributed by atoms with Gasteiger partial charge in [-0.1, -0.05) is 35.4 Å². The molecule has 0 unspecified atom stereocenters. The Bertz CT molecular complexity index is 578. The van der Waals surface area contributed by atoms with Crippen LogP contribution in [0.25, 0.3) is 10.4 Å². The number of hydrogen-bond donors (Lipinski definition) is 1. The van der Waals surface area contributed by atoms with Gasteiger partial charge < -0.3 is 10.1 Å². The van der Waals surface area contributed by atoms with E-state index in [1.54, 1.807) is 4.90 Å². The van der Waals surface area contributed by atoms with Gasteiger partial charge in [-0.3, -0.25) is 4.90 Å². The molecule has 1 aliphatic heterocycles. The molecule has 1 N–H and O–H groups in total. The van der Waals surface area contributed by atoms with Crippen molar-refractivity contribution in [1.29, 1.82) is 0 Å². The summed E-state index contributed by atoms with van der Waals surface area (Å²) in [5.41, 5.74) is 9.16. The summed E-state index contributed by atoms with van der Waals surface area (Å²) in [6.07, 6.45) is -0.395. The molecule has 2 atom stereocenters. The standard InChI is InChI=1S/C16H23N5O2/c1-16(2,3)23-15(22)21(11-12-7-5-4-6-8-12)14-10-18-9-13(14)19-20-17/h4-8,13-14,18H,9-11H2,1-3H3/t13-,14-/m1/s1. The molecule has 124 valence electrons. The molecule has 0 spiro atoms. The van der Waals surface area contributed by atoms with Gasteiger partial charge in [0.1, 0.15) is 5.60 Å². The highest BCUT2D eigenvalue weighted by atomic mass is 16.6. The van der Waals surface area contributed by atoms with Gasteiger partial charge in [-0.05, 0) is 31.9 Å². The number of carbonyl (C=O) groups excluding carboxylic acids is 1. The molecule has 0 bridgehead atoms. The molecule has 0 aromatic heterocycles. The van der Waals surface area contributed by atoms with Crippen LogP contribution < -0.4 is 5.32 Å². The van der Waals surface area contributed by atoms with Crippen molar-refractivity contribution in [3.63, 3.8) is 0 Å². The molecule has 1 aromatic rings. The van der Waals surface area contributed by atoms with Crippen LogP contribution in [0, 0.1) is 0 Å². The van der Waals surface area contributed by atoms with Crippen molar-refractivity contribution < 1.29 is 9.53 Å². The van der Waals surface area contributed by atoms with Gasteiger partial charge in [0.15, 0.2) is 0 Å². The summed E-state index contributed by atoms with van der Waals surface area (Å²) in [4.78, 5) is 17.2. The second-order valence-corrected chi connectivity index (χ2v) is 6.59. The van der Waals surface area contributed by atoms with E-state index < -0.39 is 11.7 Å². The van der Waals surface area contributed by atoms with Crippen LogP contribution >= 0.6 is 0 Å². The third-order valence-corrected chi connectivity index (χ3v) is 3.58. The number of nitrogens with zero attached hydrogens (tertiary/aromatic N) is 4. The minimum atomic E-state index is -0.577. The monoisotopic (exact) mass is 317 g/mol. The van der Waals surface area contributed by atoms with Gasteiger partial charge in [0.2, 0.25) is 0 Å². The highest BCUT2D eigenvalue weighted by Crippen LogP contribution is 2.20. The number of amides is 1. The molecule has 1 fully saturated rings. The first-order chi connectivity index (χ1) is 10.9. The zero-order valence-corrected chi connectivity index (χ0v) is 13.8. The van der Waals surface area contributed by atoms with Gasteiger partial charge in [-0.25, -0.2) is 4.79 Å². The number of nitrogens with one attached hydrogen (secondary N) is 1. The molecule has 1 saturated heterocycles. The lowest BCUT2D eigenvalue weighted by molar-refractivity contribution is 0.0143. The number of hydrogen-bond acceptors (Lipinski definition) is 4. The maximum Gasteiger partial charge on any atom is 0.410 e. The zero-order valence-electron chi connectivity index (χ0n) is 13.8. The van der Waals surface area contributed by atoms with Crippen LogP contribution in [0.4, 0.5) is 4.79 Å². The molecular weight excluding hydrogens is 294 g/mol. The van der Waals surface area contributed by atoms with Crippen LogP contribution in [0.15, 0.2) is 35.4 Å². The van der Waals surface area contributed by atoms with Crippen molar-refractivity contribution in [2.45, 2.75) is 45.0 Å². The SMILES string of the molecule is CC(C)(C)OC(=O)N(Cc1ccccc1)[C@@H]1CNC[C@H]1N=[N+]=[N-]. The van der Waals surface area contributed by atoms with Gasteiger partial charge in [0.05, 0.1) is 12.1 Å². The molecule has 0 aliphatic carbocycles. The van der Waals surface area contributed by atoms with E-state index in [0.717, 1.165) is 5.56 Å². The number of carbonyl (C=O) groups is 1. The minimum Gasteiger partial charge on any atom is -0.444 e. The molecule has 23 heavy (non-hydrogen) atoms. The van der Waals surface area contributed by atoms with Gasteiger partial charge >= 0.3 is 6.09 Å². The van der Waals surface area contributed by atoms with E-state index in [1.165, 1.54) is 0 Å². The lowest BCUT2D eigenvalue weighted by atomic mass is 10.1. The van der Waals surface area contributed by atoms with Crippen LogP contribution in [-0.2, 0) is 11.3 Å². The second-order valence-electron chi connectivity index (χ2n) is 6.59. The van der Waals surface area contributed by atoms with E-state index in [2.05, 4.69) is 15.3 Å². The fourth-order valence-electron chi connectivity index (χ4n) is 2.57. The van der Waals surface area contributed by atoms with Crippen LogP contribution in [-0.4, -0.2) is 41.8 Å². The second kappa shape index (κ2) is 7.35. The average Bonchev–Trinajstić information content (AvgIpc) is 2.92. The Kier molecular flexibility index (Phi) is 5.47. The third-order valence-electron chi connectivity index (χ3n) is 3.58. The van der Waals surface area contributed by atoms with Crippen LogP contribution in [0.3, 0.4) is 0 Å². The van der Waals surface area contributed by atoms with Crippen LogP contribution in [0.2, 0.25) is 0 Å². The molecular formula is C16H23N5O2. The van der Waals surface area contributed by atoms with E-state index in [0.29, 0.717) is 19.6 Å². The molecule has 0 saturated carbocycles. The van der Waals surface area contributed by atoms with Gasteiger partial charge in [-0.2, -0.15) is 0 Å². The summed E-state index contributed by atoms with van der Waals surface area (Å²) in [6.45, 7) is 7.06. The highest BCUT2D eigenvalue weighted by molar-refractivity contribution is 5.69. The summed E-state index contributed by atoms with van der Waals surface area (Å²) in [5, 5.41) is 6.99. The minimum absolute atomic E-state index is 0.221. The van der Waals surface area contributed by atoms with Gasteiger partial charge in [0.25, 0.3) is 0 Å². The zero-order chi connectivity index (χ0) is 16.9. The molecule has 7 heteroatoms. The summed E-state index contributed by atoms with van der Waals surface area (Å²) < 4.78 is 5.54. The quantitative estimate of drug-likeness (QED) is 0.525. The van der Waals surface area contributed by atoms with Crippen LogP contribution in [0.5, 0.6) is 0 Å². The Morgan fingerprint density at radius 2 is 2.09 bits per heavy atom. The Morgan fingerprint density at radius 3 is 2.70 bits per heavy atom. The number of rotatable bonds is 4. The molecule has 0 radical (unpaired) electrons. The maximum atomic E-state index is 12.6. The largest absolute Gasteiger partial charge is 0.444 e. The number of azide groups is 1. The van der Waals surface area contributed by atoms with E-state index in [1.807, 2.05) is 51.1 Å². The van der Waals surface area contributed by atoms with E-state index in [-0.39, 0.29) is 12.1 Å². The molecule has 7 nitrogen and oxygen atoms in total. The van der Waals surface area contributed by atoms with Crippen LogP contribution in [0.1, 0.15) is 26.3 Å². The predicted molar refractivity (Wildman–Crippen MR) is 87.8 cm³/mol. The van der Waals surface area contributed by atoms with Gasteiger partial charge in [0, 0.05) is 24.5 Å². The molecule has 1 amide bonds. The van der Waals surface area contributed by atoms with Crippen molar-refractivity contribution in [3.8, 4) is 0 Å². The lowest BCUT2D eigenvalue weighted by Crippen LogP contribution is -2.47. The normalized spacial score (nSPS) is 20.7. The smallest absolute Gasteiger partial charge is 0.410 e. The molecule has 2 rings (SSSR count). The summed E-state index contributed by atoms with van der Waals surface area (Å²) in [7, 11) is 0. The topological polar surface area (TPSA) is 90.3 Å². The predicted octanol–water partition coefficient (Wildman–Crippen LogP) is 3.07. The Labute approximate surface area is 136 Å². The first kappa shape index (κ1) is 17.1. The Balaban J connectivity index is 2.23. The van der Waals surface area contributed by atoms with Crippen molar-refractivity contribution in [2.75, 3.05) is 13.1 Å². The van der Waals surface area contributed by atoms with E-state index in [4.69, 9.17) is 10.3 Å². The van der Waals surface area contributed by atoms with Crippen molar-refractivity contribution in [3.05, 3.63) is 46.3 Å². The fraction of sp³-hybridized carbons (Fsp3) is 0.562. The summed E-state index contributed by atoms with van der Waals surface area (Å²) in [5.74, 6) is 0. The fourth-order valence-corrected chi connectivity index (χ4v) is 2.57. The first-order valence-corrected chi connectivity index (χ1v) is 7.69. The number of ether oxygens (including phenoxy) is 1. The average molecular weight is 317 g/mol. The molecule has 1 heterocycles. The number of benzene rings is 1. The van der Waals surface area contributed by atoms with Crippen molar-refractivity contribution >= 4 is 6.09 Å². The lowest BCUT2D eigenvalue weighted by Gasteiger charge is -2.33. The molecule has 1 aromatic carbocycles. The Hall–Kier alpha value is -2.24. The third kappa shape index (κ3) is 4.87. The maximum absolute atomic E-state index is 12.6. The van der Waals surface area contributed by atoms with Crippen molar-refractivity contribution in [1.82, 2.24) is 10.2 Å². The first-order valence-electron chi connectivity index (χ1n) is 7.69. The summed E-state index contributed by atoms with van der Waals surface area (Å²) in [6, 6.07) is 9.20. The highest BCUT2D eigenvalue weighted by Gasteiger charge is 2.36. The van der Waals surface area contributed by atoms with E-state index in [9.17, 15) is 4.79 Å².